The molecule has 3 heterocycles. The van der Waals surface area contributed by atoms with E-state index < -0.39 is 0 Å². The van der Waals surface area contributed by atoms with Gasteiger partial charge in [-0.2, -0.15) is 0 Å². The van der Waals surface area contributed by atoms with Gasteiger partial charge in [0.2, 0.25) is 5.76 Å². The van der Waals surface area contributed by atoms with Crippen molar-refractivity contribution in [3.8, 4) is 0 Å². The molecular formula is C27H45N5O2. The van der Waals surface area contributed by atoms with Gasteiger partial charge in [0, 0.05) is 49.7 Å². The Balaban J connectivity index is 1.35. The molecule has 0 radical (unpaired) electrons. The SMILES string of the molecule is CC(C)CCC(CC1=CNC2CCCC[C@@H]12)NC(=O)c1cnc(N2CCN(C(C)(C)C)CC2)o1. The van der Waals surface area contributed by atoms with E-state index in [1.807, 2.05) is 0 Å². The Bertz CT molecular complexity index is 847. The number of hydrogen-bond acceptors (Lipinski definition) is 6. The molecule has 2 fully saturated rings. The van der Waals surface area contributed by atoms with Crippen LogP contribution < -0.4 is 15.5 Å². The van der Waals surface area contributed by atoms with Gasteiger partial charge in [-0.05, 0) is 70.6 Å². The van der Waals surface area contributed by atoms with Crippen LogP contribution in [0.5, 0.6) is 0 Å². The largest absolute Gasteiger partial charge is 0.418 e. The Kier molecular flexibility index (Phi) is 7.90. The van der Waals surface area contributed by atoms with Crippen molar-refractivity contribution < 1.29 is 9.21 Å². The van der Waals surface area contributed by atoms with E-state index in [-0.39, 0.29) is 17.5 Å². The number of anilines is 1. The number of nitrogens with one attached hydrogen (secondary N) is 2. The Hall–Kier alpha value is -2.02. The summed E-state index contributed by atoms with van der Waals surface area (Å²) in [6.45, 7) is 14.9. The third kappa shape index (κ3) is 6.15. The number of nitrogens with zero attached hydrogens (tertiary/aromatic N) is 3. The molecule has 34 heavy (non-hydrogen) atoms. The number of piperazine rings is 1. The molecule has 0 bridgehead atoms. The normalized spacial score (nSPS) is 24.5. The lowest BCUT2D eigenvalue weighted by Gasteiger charge is -2.41. The molecule has 3 atom stereocenters. The molecule has 7 nitrogen and oxygen atoms in total. The first-order chi connectivity index (χ1) is 16.2. The van der Waals surface area contributed by atoms with Crippen LogP contribution in [0.2, 0.25) is 0 Å². The lowest BCUT2D eigenvalue weighted by molar-refractivity contribution is 0.0904. The fourth-order valence-electron chi connectivity index (χ4n) is 5.69. The van der Waals surface area contributed by atoms with E-state index in [0.29, 0.717) is 29.7 Å². The number of rotatable bonds is 8. The van der Waals surface area contributed by atoms with Crippen LogP contribution >= 0.6 is 0 Å². The molecule has 7 heteroatoms. The molecule has 0 aromatic carbocycles. The van der Waals surface area contributed by atoms with Crippen molar-refractivity contribution in [1.29, 1.82) is 0 Å². The molecule has 3 aliphatic rings. The highest BCUT2D eigenvalue weighted by Gasteiger charge is 2.33. The van der Waals surface area contributed by atoms with E-state index in [0.717, 1.165) is 45.4 Å². The molecule has 190 valence electrons. The second-order valence-electron chi connectivity index (χ2n) is 11.9. The number of aromatic nitrogens is 1. The maximum absolute atomic E-state index is 13.1. The van der Waals surface area contributed by atoms with Gasteiger partial charge >= 0.3 is 0 Å². The average molecular weight is 472 g/mol. The van der Waals surface area contributed by atoms with Crippen LogP contribution in [-0.4, -0.2) is 59.6 Å². The van der Waals surface area contributed by atoms with Gasteiger partial charge in [0.1, 0.15) is 0 Å². The van der Waals surface area contributed by atoms with Crippen molar-refractivity contribution in [3.05, 3.63) is 23.7 Å². The van der Waals surface area contributed by atoms with Crippen molar-refractivity contribution in [2.24, 2.45) is 11.8 Å². The van der Waals surface area contributed by atoms with Crippen LogP contribution in [0.3, 0.4) is 0 Å². The lowest BCUT2D eigenvalue weighted by Crippen LogP contribution is -2.53. The van der Waals surface area contributed by atoms with Gasteiger partial charge in [-0.15, -0.1) is 0 Å². The summed E-state index contributed by atoms with van der Waals surface area (Å²) in [7, 11) is 0. The fraction of sp³-hybridized carbons (Fsp3) is 0.778. The summed E-state index contributed by atoms with van der Waals surface area (Å²) < 4.78 is 5.95. The standard InChI is InChI=1S/C27H45N5O2/c1-19(2)10-11-21(16-20-17-28-23-9-7-6-8-22(20)23)30-25(33)24-18-29-26(34-24)31-12-14-32(15-13-31)27(3,4)5/h17-19,21-23,28H,6-16H2,1-5H3,(H,30,33)/t21?,22-,23?/m0/s1. The molecule has 2 N–H and O–H groups in total. The zero-order chi connectivity index (χ0) is 24.3. The molecule has 1 saturated carbocycles. The van der Waals surface area contributed by atoms with Crippen LogP contribution in [-0.2, 0) is 0 Å². The summed E-state index contributed by atoms with van der Waals surface area (Å²) >= 11 is 0. The highest BCUT2D eigenvalue weighted by molar-refractivity contribution is 5.91. The van der Waals surface area contributed by atoms with Crippen LogP contribution in [0.15, 0.2) is 22.4 Å². The van der Waals surface area contributed by atoms with Gasteiger partial charge in [-0.3, -0.25) is 9.69 Å². The minimum atomic E-state index is -0.146. The average Bonchev–Trinajstić information content (AvgIpc) is 3.45. The molecule has 4 rings (SSSR count). The monoisotopic (exact) mass is 471 g/mol. The van der Waals surface area contributed by atoms with E-state index in [9.17, 15) is 4.79 Å². The molecule has 2 unspecified atom stereocenters. The van der Waals surface area contributed by atoms with Crippen molar-refractivity contribution in [3.63, 3.8) is 0 Å². The predicted molar refractivity (Wildman–Crippen MR) is 137 cm³/mol. The summed E-state index contributed by atoms with van der Waals surface area (Å²) in [4.78, 5) is 22.2. The Morgan fingerprint density at radius 2 is 1.91 bits per heavy atom. The number of fused-ring (bicyclic) bond motifs is 1. The third-order valence-electron chi connectivity index (χ3n) is 7.85. The fourth-order valence-corrected chi connectivity index (χ4v) is 5.69. The summed E-state index contributed by atoms with van der Waals surface area (Å²) in [6.07, 6.45) is 12.0. The number of carbonyl (C=O) groups is 1. The predicted octanol–water partition coefficient (Wildman–Crippen LogP) is 4.57. The van der Waals surface area contributed by atoms with Crippen molar-refractivity contribution in [2.75, 3.05) is 31.1 Å². The Morgan fingerprint density at radius 3 is 2.62 bits per heavy atom. The van der Waals surface area contributed by atoms with Crippen LogP contribution in [0.25, 0.3) is 0 Å². The van der Waals surface area contributed by atoms with E-state index in [4.69, 9.17) is 4.42 Å². The number of hydrogen-bond donors (Lipinski definition) is 2. The first kappa shape index (κ1) is 25.1. The molecule has 1 amide bonds. The van der Waals surface area contributed by atoms with Gasteiger partial charge in [0.05, 0.1) is 6.20 Å². The molecule has 1 aromatic heterocycles. The number of amides is 1. The first-order valence-electron chi connectivity index (χ1n) is 13.4. The Labute approximate surface area is 205 Å². The van der Waals surface area contributed by atoms with Crippen molar-refractivity contribution in [2.45, 2.75) is 97.2 Å². The van der Waals surface area contributed by atoms with Gasteiger partial charge in [-0.1, -0.05) is 26.7 Å². The highest BCUT2D eigenvalue weighted by Crippen LogP contribution is 2.36. The van der Waals surface area contributed by atoms with Crippen molar-refractivity contribution in [1.82, 2.24) is 20.5 Å². The highest BCUT2D eigenvalue weighted by atomic mass is 16.4. The van der Waals surface area contributed by atoms with E-state index in [2.05, 4.69) is 66.2 Å². The van der Waals surface area contributed by atoms with Crippen LogP contribution in [0, 0.1) is 11.8 Å². The van der Waals surface area contributed by atoms with Crippen LogP contribution in [0.1, 0.15) is 90.1 Å². The molecule has 2 aliphatic heterocycles. The molecular weight excluding hydrogens is 426 g/mol. The topological polar surface area (TPSA) is 73.6 Å². The van der Waals surface area contributed by atoms with Gasteiger partial charge in [0.25, 0.3) is 11.9 Å². The minimum Gasteiger partial charge on any atom is -0.418 e. The minimum absolute atomic E-state index is 0.118. The summed E-state index contributed by atoms with van der Waals surface area (Å²) in [5.74, 6) is 1.42. The molecule has 1 aliphatic carbocycles. The van der Waals surface area contributed by atoms with E-state index >= 15 is 0 Å². The zero-order valence-electron chi connectivity index (χ0n) is 21.9. The third-order valence-corrected chi connectivity index (χ3v) is 7.85. The van der Waals surface area contributed by atoms with Gasteiger partial charge < -0.3 is 20.0 Å². The number of oxazole rings is 1. The smallest absolute Gasteiger partial charge is 0.298 e. The van der Waals surface area contributed by atoms with Crippen LogP contribution in [0.4, 0.5) is 6.01 Å². The second-order valence-corrected chi connectivity index (χ2v) is 11.9. The summed E-state index contributed by atoms with van der Waals surface area (Å²) in [5.41, 5.74) is 1.65. The van der Waals surface area contributed by atoms with Gasteiger partial charge in [0.15, 0.2) is 0 Å². The number of carbonyl (C=O) groups excluding carboxylic acids is 1. The summed E-state index contributed by atoms with van der Waals surface area (Å²) in [5, 5.41) is 6.89. The maximum Gasteiger partial charge on any atom is 0.298 e. The first-order valence-corrected chi connectivity index (χ1v) is 13.4. The lowest BCUT2D eigenvalue weighted by atomic mass is 9.80. The quantitative estimate of drug-likeness (QED) is 0.579. The Morgan fingerprint density at radius 1 is 1.18 bits per heavy atom. The van der Waals surface area contributed by atoms with Crippen molar-refractivity contribution >= 4 is 11.9 Å². The summed E-state index contributed by atoms with van der Waals surface area (Å²) in [6, 6.07) is 1.28. The second kappa shape index (κ2) is 10.7. The maximum atomic E-state index is 13.1. The molecule has 0 spiro atoms. The molecule has 1 aromatic rings. The van der Waals surface area contributed by atoms with Gasteiger partial charge in [-0.25, -0.2) is 4.98 Å². The van der Waals surface area contributed by atoms with E-state index in [1.165, 1.54) is 31.3 Å². The molecule has 1 saturated heterocycles. The zero-order valence-corrected chi connectivity index (χ0v) is 21.9. The van der Waals surface area contributed by atoms with E-state index in [1.54, 1.807) is 6.20 Å².